The minimum atomic E-state index is 0.518. The van der Waals surface area contributed by atoms with Gasteiger partial charge in [-0.1, -0.05) is 51.8 Å². The third kappa shape index (κ3) is 4.35. The topological polar surface area (TPSA) is 12.0 Å². The summed E-state index contributed by atoms with van der Waals surface area (Å²) in [6.07, 6.45) is 5.19. The molecule has 1 heteroatoms. The number of benzene rings is 1. The molecule has 0 aliphatic rings. The van der Waals surface area contributed by atoms with Crippen LogP contribution in [0.3, 0.4) is 0 Å². The van der Waals surface area contributed by atoms with Gasteiger partial charge in [0.1, 0.15) is 0 Å². The van der Waals surface area contributed by atoms with Crippen LogP contribution in [0.2, 0.25) is 0 Å². The molecular weight excluding hydrogens is 230 g/mol. The predicted molar refractivity (Wildman–Crippen MR) is 85.6 cm³/mol. The fraction of sp³-hybridized carbons (Fsp3) is 0.667. The van der Waals surface area contributed by atoms with Crippen molar-refractivity contribution in [2.45, 2.75) is 66.3 Å². The summed E-state index contributed by atoms with van der Waals surface area (Å²) in [5.74, 6) is 0.760. The van der Waals surface area contributed by atoms with Crippen molar-refractivity contribution >= 4 is 0 Å². The van der Waals surface area contributed by atoms with Gasteiger partial charge in [-0.15, -0.1) is 0 Å². The van der Waals surface area contributed by atoms with Crippen LogP contribution < -0.4 is 5.32 Å². The second-order valence-corrected chi connectivity index (χ2v) is 5.66. The maximum atomic E-state index is 3.74. The maximum absolute atomic E-state index is 3.74. The fourth-order valence-corrected chi connectivity index (χ4v) is 3.08. The molecule has 1 nitrogen and oxygen atoms in total. The van der Waals surface area contributed by atoms with E-state index in [1.165, 1.54) is 42.4 Å². The molecule has 0 bridgehead atoms. The van der Waals surface area contributed by atoms with Crippen LogP contribution in [0.25, 0.3) is 0 Å². The average molecular weight is 261 g/mol. The van der Waals surface area contributed by atoms with E-state index in [4.69, 9.17) is 0 Å². The molecule has 0 amide bonds. The van der Waals surface area contributed by atoms with Crippen LogP contribution in [0.5, 0.6) is 0 Å². The largest absolute Gasteiger partial charge is 0.310 e. The summed E-state index contributed by atoms with van der Waals surface area (Å²) < 4.78 is 0. The summed E-state index contributed by atoms with van der Waals surface area (Å²) in [6.45, 7) is 12.3. The monoisotopic (exact) mass is 261 g/mol. The molecule has 0 fully saturated rings. The number of nitrogens with one attached hydrogen (secondary N) is 1. The van der Waals surface area contributed by atoms with Gasteiger partial charge >= 0.3 is 0 Å². The minimum Gasteiger partial charge on any atom is -0.310 e. The number of rotatable bonds is 8. The van der Waals surface area contributed by atoms with Gasteiger partial charge < -0.3 is 5.32 Å². The molecule has 1 unspecified atom stereocenters. The predicted octanol–water partition coefficient (Wildman–Crippen LogP) is 5.17. The molecule has 0 saturated heterocycles. The van der Waals surface area contributed by atoms with Crippen molar-refractivity contribution in [3.8, 4) is 0 Å². The summed E-state index contributed by atoms with van der Waals surface area (Å²) in [7, 11) is 0. The van der Waals surface area contributed by atoms with Crippen molar-refractivity contribution in [2.24, 2.45) is 5.92 Å². The van der Waals surface area contributed by atoms with E-state index in [-0.39, 0.29) is 0 Å². The lowest BCUT2D eigenvalue weighted by atomic mass is 9.83. The molecular formula is C18H31N. The molecule has 0 spiro atoms. The van der Waals surface area contributed by atoms with Crippen molar-refractivity contribution in [1.82, 2.24) is 5.32 Å². The van der Waals surface area contributed by atoms with Crippen LogP contribution in [0.4, 0.5) is 0 Å². The number of hydrogen-bond donors (Lipinski definition) is 1. The molecule has 0 saturated carbocycles. The van der Waals surface area contributed by atoms with Gasteiger partial charge in [-0.2, -0.15) is 0 Å². The zero-order valence-corrected chi connectivity index (χ0v) is 13.4. The van der Waals surface area contributed by atoms with E-state index in [1.54, 1.807) is 0 Å². The first-order valence-electron chi connectivity index (χ1n) is 7.95. The Balaban J connectivity index is 3.06. The molecule has 1 aromatic rings. The first-order chi connectivity index (χ1) is 9.15. The highest BCUT2D eigenvalue weighted by atomic mass is 14.9. The first kappa shape index (κ1) is 16.2. The van der Waals surface area contributed by atoms with Gasteiger partial charge in [-0.3, -0.25) is 0 Å². The van der Waals surface area contributed by atoms with Crippen molar-refractivity contribution in [1.29, 1.82) is 0 Å². The zero-order valence-electron chi connectivity index (χ0n) is 13.4. The standard InChI is InChI=1S/C18H31N/c1-6-10-16(11-7-2)18(19-8-3)17-13-9-12-14(4)15(17)5/h9,12-13,16,18-19H,6-8,10-11H2,1-5H3. The second-order valence-electron chi connectivity index (χ2n) is 5.66. The lowest BCUT2D eigenvalue weighted by molar-refractivity contribution is 0.319. The van der Waals surface area contributed by atoms with Gasteiger partial charge in [0.2, 0.25) is 0 Å². The minimum absolute atomic E-state index is 0.518. The molecule has 1 rings (SSSR count). The summed E-state index contributed by atoms with van der Waals surface area (Å²) >= 11 is 0. The van der Waals surface area contributed by atoms with E-state index in [9.17, 15) is 0 Å². The molecule has 0 radical (unpaired) electrons. The Morgan fingerprint density at radius 1 is 1.00 bits per heavy atom. The molecule has 1 atom stereocenters. The van der Waals surface area contributed by atoms with E-state index < -0.39 is 0 Å². The normalized spacial score (nSPS) is 12.9. The zero-order chi connectivity index (χ0) is 14.3. The third-order valence-corrected chi connectivity index (χ3v) is 4.20. The first-order valence-corrected chi connectivity index (χ1v) is 7.95. The fourth-order valence-electron chi connectivity index (χ4n) is 3.08. The van der Waals surface area contributed by atoms with Gasteiger partial charge in [0.25, 0.3) is 0 Å². The highest BCUT2D eigenvalue weighted by Gasteiger charge is 2.22. The molecule has 1 N–H and O–H groups in total. The third-order valence-electron chi connectivity index (χ3n) is 4.20. The summed E-state index contributed by atoms with van der Waals surface area (Å²) in [5, 5.41) is 3.74. The van der Waals surface area contributed by atoms with Crippen LogP contribution in [0.15, 0.2) is 18.2 Å². The van der Waals surface area contributed by atoms with Gasteiger partial charge in [-0.05, 0) is 55.8 Å². The molecule has 108 valence electrons. The van der Waals surface area contributed by atoms with Gasteiger partial charge in [0.05, 0.1) is 0 Å². The van der Waals surface area contributed by atoms with Crippen molar-refractivity contribution < 1.29 is 0 Å². The van der Waals surface area contributed by atoms with Crippen LogP contribution >= 0.6 is 0 Å². The highest BCUT2D eigenvalue weighted by molar-refractivity contribution is 5.35. The van der Waals surface area contributed by atoms with Gasteiger partial charge in [0.15, 0.2) is 0 Å². The molecule has 0 aliphatic carbocycles. The van der Waals surface area contributed by atoms with E-state index in [0.29, 0.717) is 6.04 Å². The van der Waals surface area contributed by atoms with Gasteiger partial charge in [0, 0.05) is 6.04 Å². The van der Waals surface area contributed by atoms with E-state index in [0.717, 1.165) is 12.5 Å². The number of aryl methyl sites for hydroxylation is 1. The smallest absolute Gasteiger partial charge is 0.0351 e. The lowest BCUT2D eigenvalue weighted by Crippen LogP contribution is -2.29. The molecule has 19 heavy (non-hydrogen) atoms. The highest BCUT2D eigenvalue weighted by Crippen LogP contribution is 2.32. The van der Waals surface area contributed by atoms with Gasteiger partial charge in [-0.25, -0.2) is 0 Å². The van der Waals surface area contributed by atoms with Crippen molar-refractivity contribution in [3.05, 3.63) is 34.9 Å². The lowest BCUT2D eigenvalue weighted by Gasteiger charge is -2.30. The SMILES string of the molecule is CCCC(CCC)C(NCC)c1cccc(C)c1C. The Hall–Kier alpha value is -0.820. The Morgan fingerprint density at radius 2 is 1.63 bits per heavy atom. The second kappa shape index (κ2) is 8.37. The molecule has 0 heterocycles. The Morgan fingerprint density at radius 3 is 2.16 bits per heavy atom. The van der Waals surface area contributed by atoms with Crippen LogP contribution in [-0.2, 0) is 0 Å². The summed E-state index contributed by atoms with van der Waals surface area (Å²) in [4.78, 5) is 0. The Bertz CT molecular complexity index is 364. The summed E-state index contributed by atoms with van der Waals surface area (Å²) in [6, 6.07) is 7.26. The molecule has 1 aromatic carbocycles. The van der Waals surface area contributed by atoms with Crippen LogP contribution in [0, 0.1) is 19.8 Å². The average Bonchev–Trinajstić information content (AvgIpc) is 2.40. The quantitative estimate of drug-likeness (QED) is 0.680. The van der Waals surface area contributed by atoms with Crippen LogP contribution in [-0.4, -0.2) is 6.54 Å². The van der Waals surface area contributed by atoms with Crippen molar-refractivity contribution in [3.63, 3.8) is 0 Å². The Labute approximate surface area is 119 Å². The Kier molecular flexibility index (Phi) is 7.15. The summed E-state index contributed by atoms with van der Waals surface area (Å²) in [5.41, 5.74) is 4.38. The van der Waals surface area contributed by atoms with Crippen molar-refractivity contribution in [2.75, 3.05) is 6.54 Å². The molecule has 0 aromatic heterocycles. The van der Waals surface area contributed by atoms with E-state index >= 15 is 0 Å². The maximum Gasteiger partial charge on any atom is 0.0351 e. The van der Waals surface area contributed by atoms with Crippen LogP contribution in [0.1, 0.15) is 69.2 Å². The molecule has 0 aliphatic heterocycles. The van der Waals surface area contributed by atoms with E-state index in [1.807, 2.05) is 0 Å². The number of hydrogen-bond acceptors (Lipinski definition) is 1. The van der Waals surface area contributed by atoms with E-state index in [2.05, 4.69) is 58.1 Å².